The molecule has 2 aliphatic rings. The Kier molecular flexibility index (Phi) is 3.46. The highest BCUT2D eigenvalue weighted by Crippen LogP contribution is 2.33. The number of ether oxygens (including phenoxy) is 1. The normalized spacial score (nSPS) is 31.7. The first-order valence-electron chi connectivity index (χ1n) is 5.72. The topological polar surface area (TPSA) is 61.2 Å². The van der Waals surface area contributed by atoms with Crippen LogP contribution >= 0.6 is 0 Å². The molecule has 2 rings (SSSR count). The number of azide groups is 1. The minimum absolute atomic E-state index is 0.134. The number of hydrogen-bond acceptors (Lipinski definition) is 3. The van der Waals surface area contributed by atoms with Crippen LogP contribution in [0.3, 0.4) is 0 Å². The van der Waals surface area contributed by atoms with Gasteiger partial charge in [0.1, 0.15) is 0 Å². The van der Waals surface area contributed by atoms with Gasteiger partial charge in [-0.1, -0.05) is 5.11 Å². The van der Waals surface area contributed by atoms with Crippen molar-refractivity contribution >= 4 is 0 Å². The van der Waals surface area contributed by atoms with Crippen LogP contribution in [0.4, 0.5) is 0 Å². The molecule has 0 aliphatic carbocycles. The lowest BCUT2D eigenvalue weighted by molar-refractivity contribution is -0.0693. The lowest BCUT2D eigenvalue weighted by atomic mass is 9.93. The highest BCUT2D eigenvalue weighted by atomic mass is 16.5. The molecule has 84 valence electrons. The van der Waals surface area contributed by atoms with Crippen LogP contribution in [0.25, 0.3) is 10.4 Å². The SMILES string of the molecule is [N-]=[N+]=NCCN1CC[C@@]2(CCCCO2)C1. The molecule has 5 heteroatoms. The summed E-state index contributed by atoms with van der Waals surface area (Å²) in [6, 6.07) is 0. The van der Waals surface area contributed by atoms with Crippen LogP contribution in [-0.2, 0) is 4.74 Å². The zero-order chi connectivity index (χ0) is 10.6. The Balaban J connectivity index is 1.80. The molecule has 0 aromatic heterocycles. The van der Waals surface area contributed by atoms with Gasteiger partial charge in [0, 0.05) is 37.7 Å². The van der Waals surface area contributed by atoms with Crippen LogP contribution in [0.5, 0.6) is 0 Å². The molecule has 1 spiro atoms. The fourth-order valence-corrected chi connectivity index (χ4v) is 2.58. The van der Waals surface area contributed by atoms with Gasteiger partial charge in [0.05, 0.1) is 5.60 Å². The van der Waals surface area contributed by atoms with Crippen LogP contribution in [-0.4, -0.2) is 43.3 Å². The summed E-state index contributed by atoms with van der Waals surface area (Å²) < 4.78 is 5.92. The third kappa shape index (κ3) is 2.62. The molecule has 2 heterocycles. The molecule has 2 aliphatic heterocycles. The third-order valence-electron chi connectivity index (χ3n) is 3.41. The van der Waals surface area contributed by atoms with Crippen molar-refractivity contribution in [1.82, 2.24) is 4.90 Å². The van der Waals surface area contributed by atoms with Crippen LogP contribution in [0, 0.1) is 0 Å². The van der Waals surface area contributed by atoms with E-state index in [-0.39, 0.29) is 5.60 Å². The molecular weight excluding hydrogens is 192 g/mol. The molecule has 0 bridgehead atoms. The van der Waals surface area contributed by atoms with Crippen molar-refractivity contribution in [2.75, 3.05) is 32.8 Å². The highest BCUT2D eigenvalue weighted by Gasteiger charge is 2.39. The van der Waals surface area contributed by atoms with E-state index < -0.39 is 0 Å². The first-order valence-corrected chi connectivity index (χ1v) is 5.72. The summed E-state index contributed by atoms with van der Waals surface area (Å²) in [6.07, 6.45) is 4.85. The lowest BCUT2D eigenvalue weighted by Gasteiger charge is -2.33. The summed E-state index contributed by atoms with van der Waals surface area (Å²) in [5.74, 6) is 0. The molecular formula is C10H18N4O. The highest BCUT2D eigenvalue weighted by molar-refractivity contribution is 4.93. The molecule has 0 saturated carbocycles. The second-order valence-electron chi connectivity index (χ2n) is 4.47. The Morgan fingerprint density at radius 2 is 2.33 bits per heavy atom. The number of hydrogen-bond donors (Lipinski definition) is 0. The second-order valence-corrected chi connectivity index (χ2v) is 4.47. The molecule has 5 nitrogen and oxygen atoms in total. The van der Waals surface area contributed by atoms with Gasteiger partial charge >= 0.3 is 0 Å². The quantitative estimate of drug-likeness (QED) is 0.406. The average molecular weight is 210 g/mol. The van der Waals surface area contributed by atoms with E-state index in [0.29, 0.717) is 6.54 Å². The van der Waals surface area contributed by atoms with Crippen LogP contribution < -0.4 is 0 Å². The van der Waals surface area contributed by atoms with Crippen LogP contribution in [0.2, 0.25) is 0 Å². The fourth-order valence-electron chi connectivity index (χ4n) is 2.58. The summed E-state index contributed by atoms with van der Waals surface area (Å²) in [5.41, 5.74) is 8.33. The van der Waals surface area contributed by atoms with Crippen molar-refractivity contribution in [2.45, 2.75) is 31.3 Å². The largest absolute Gasteiger partial charge is 0.374 e. The van der Waals surface area contributed by atoms with Crippen molar-refractivity contribution in [3.63, 3.8) is 0 Å². The average Bonchev–Trinajstić information content (AvgIpc) is 2.63. The molecule has 2 fully saturated rings. The molecule has 0 unspecified atom stereocenters. The van der Waals surface area contributed by atoms with Crippen LogP contribution in [0.15, 0.2) is 5.11 Å². The van der Waals surface area contributed by atoms with Gasteiger partial charge in [0.25, 0.3) is 0 Å². The second kappa shape index (κ2) is 4.84. The van der Waals surface area contributed by atoms with Crippen molar-refractivity contribution in [2.24, 2.45) is 5.11 Å². The van der Waals surface area contributed by atoms with Crippen molar-refractivity contribution in [1.29, 1.82) is 0 Å². The summed E-state index contributed by atoms with van der Waals surface area (Å²) in [7, 11) is 0. The number of likely N-dealkylation sites (tertiary alicyclic amines) is 1. The van der Waals surface area contributed by atoms with Gasteiger partial charge in [0.15, 0.2) is 0 Å². The molecule has 0 aromatic rings. The molecule has 0 N–H and O–H groups in total. The molecule has 1 atom stereocenters. The van der Waals surface area contributed by atoms with Gasteiger partial charge in [-0.25, -0.2) is 0 Å². The summed E-state index contributed by atoms with van der Waals surface area (Å²) in [6.45, 7) is 4.47. The van der Waals surface area contributed by atoms with E-state index in [1.54, 1.807) is 0 Å². The lowest BCUT2D eigenvalue weighted by Crippen LogP contribution is -2.39. The van der Waals surface area contributed by atoms with Gasteiger partial charge in [-0.15, -0.1) is 0 Å². The van der Waals surface area contributed by atoms with Crippen molar-refractivity contribution in [3.8, 4) is 0 Å². The monoisotopic (exact) mass is 210 g/mol. The Morgan fingerprint density at radius 3 is 3.07 bits per heavy atom. The first kappa shape index (κ1) is 10.7. The predicted molar refractivity (Wildman–Crippen MR) is 57.6 cm³/mol. The third-order valence-corrected chi connectivity index (χ3v) is 3.41. The molecule has 0 aromatic carbocycles. The van der Waals surface area contributed by atoms with E-state index in [2.05, 4.69) is 14.9 Å². The number of nitrogens with zero attached hydrogens (tertiary/aromatic N) is 4. The first-order chi connectivity index (χ1) is 7.35. The van der Waals surface area contributed by atoms with Gasteiger partial charge in [-0.3, -0.25) is 0 Å². The maximum Gasteiger partial charge on any atom is 0.0820 e. The Labute approximate surface area is 90.0 Å². The van der Waals surface area contributed by atoms with Gasteiger partial charge < -0.3 is 9.64 Å². The summed E-state index contributed by atoms with van der Waals surface area (Å²) >= 11 is 0. The number of rotatable bonds is 3. The Hall–Kier alpha value is -0.770. The standard InChI is InChI=1S/C10H18N4O/c11-13-12-5-7-14-6-4-10(9-14)3-1-2-8-15-10/h1-9H2/t10-/m0/s1. The van der Waals surface area contributed by atoms with E-state index in [9.17, 15) is 0 Å². The van der Waals surface area contributed by atoms with Crippen molar-refractivity contribution in [3.05, 3.63) is 10.4 Å². The van der Waals surface area contributed by atoms with Crippen LogP contribution in [0.1, 0.15) is 25.7 Å². The van der Waals surface area contributed by atoms with Gasteiger partial charge in [-0.05, 0) is 31.2 Å². The predicted octanol–water partition coefficient (Wildman–Crippen LogP) is 1.94. The maximum atomic E-state index is 8.20. The van der Waals surface area contributed by atoms with E-state index in [1.165, 1.54) is 19.3 Å². The Morgan fingerprint density at radius 1 is 1.40 bits per heavy atom. The summed E-state index contributed by atoms with van der Waals surface area (Å²) in [4.78, 5) is 5.11. The van der Waals surface area contributed by atoms with E-state index >= 15 is 0 Å². The molecule has 0 amide bonds. The van der Waals surface area contributed by atoms with Gasteiger partial charge in [-0.2, -0.15) is 0 Å². The van der Waals surface area contributed by atoms with E-state index in [4.69, 9.17) is 10.3 Å². The summed E-state index contributed by atoms with van der Waals surface area (Å²) in [5, 5.41) is 3.57. The molecule has 2 saturated heterocycles. The maximum absolute atomic E-state index is 8.20. The minimum Gasteiger partial charge on any atom is -0.374 e. The van der Waals surface area contributed by atoms with Gasteiger partial charge in [0.2, 0.25) is 0 Å². The zero-order valence-electron chi connectivity index (χ0n) is 9.06. The fraction of sp³-hybridized carbons (Fsp3) is 1.00. The Bertz CT molecular complexity index is 256. The smallest absolute Gasteiger partial charge is 0.0820 e. The molecule has 15 heavy (non-hydrogen) atoms. The zero-order valence-corrected chi connectivity index (χ0v) is 9.06. The minimum atomic E-state index is 0.134. The molecule has 0 radical (unpaired) electrons. The van der Waals surface area contributed by atoms with Crippen molar-refractivity contribution < 1.29 is 4.74 Å². The van der Waals surface area contributed by atoms with E-state index in [0.717, 1.165) is 32.7 Å². The van der Waals surface area contributed by atoms with E-state index in [1.807, 2.05) is 0 Å².